The topological polar surface area (TPSA) is 64.3 Å². The van der Waals surface area contributed by atoms with Crippen LogP contribution in [0.15, 0.2) is 6.07 Å². The van der Waals surface area contributed by atoms with Gasteiger partial charge in [-0.05, 0) is 25.7 Å². The molecule has 21 heavy (non-hydrogen) atoms. The van der Waals surface area contributed by atoms with E-state index in [0.29, 0.717) is 36.8 Å². The third-order valence-electron chi connectivity index (χ3n) is 3.84. The highest BCUT2D eigenvalue weighted by Gasteiger charge is 2.25. The predicted octanol–water partition coefficient (Wildman–Crippen LogP) is 3.00. The summed E-state index contributed by atoms with van der Waals surface area (Å²) in [7, 11) is 0. The quantitative estimate of drug-likeness (QED) is 0.837. The number of hydrogen-bond donors (Lipinski definition) is 1. The van der Waals surface area contributed by atoms with Gasteiger partial charge in [-0.25, -0.2) is 9.97 Å². The Morgan fingerprint density at radius 2 is 2.05 bits per heavy atom. The number of rotatable bonds is 7. The van der Waals surface area contributed by atoms with Gasteiger partial charge in [0.1, 0.15) is 18.2 Å². The molecule has 1 fully saturated rings. The van der Waals surface area contributed by atoms with Crippen molar-refractivity contribution in [2.45, 2.75) is 59.1 Å². The molecule has 1 aliphatic carbocycles. The molecule has 1 aromatic rings. The SMILES string of the molecule is CCOCc1nc(N)cc(N(CC(C)C)C2CCCC2)n1. The molecular formula is C16H28N4O. The van der Waals surface area contributed by atoms with Crippen LogP contribution in [0.25, 0.3) is 0 Å². The standard InChI is InChI=1S/C16H28N4O/c1-4-21-11-15-18-14(17)9-16(19-15)20(10-12(2)3)13-7-5-6-8-13/h9,12-13H,4-8,10-11H2,1-3H3,(H2,17,18,19). The Bertz CT molecular complexity index is 444. The van der Waals surface area contributed by atoms with Crippen molar-refractivity contribution in [3.63, 3.8) is 0 Å². The zero-order valence-electron chi connectivity index (χ0n) is 13.5. The molecule has 0 atom stereocenters. The minimum absolute atomic E-state index is 0.425. The summed E-state index contributed by atoms with van der Waals surface area (Å²) in [6.07, 6.45) is 5.12. The number of nitrogens with two attached hydrogens (primary N) is 1. The van der Waals surface area contributed by atoms with Crippen molar-refractivity contribution >= 4 is 11.6 Å². The molecule has 1 aliphatic rings. The maximum Gasteiger partial charge on any atom is 0.158 e. The third-order valence-corrected chi connectivity index (χ3v) is 3.84. The van der Waals surface area contributed by atoms with Crippen LogP contribution in [0.4, 0.5) is 11.6 Å². The van der Waals surface area contributed by atoms with Crippen LogP contribution in [0.3, 0.4) is 0 Å². The first-order chi connectivity index (χ1) is 10.1. The van der Waals surface area contributed by atoms with E-state index in [1.54, 1.807) is 0 Å². The van der Waals surface area contributed by atoms with Crippen molar-refractivity contribution in [1.82, 2.24) is 9.97 Å². The lowest BCUT2D eigenvalue weighted by Gasteiger charge is -2.32. The fourth-order valence-corrected chi connectivity index (χ4v) is 2.95. The van der Waals surface area contributed by atoms with E-state index >= 15 is 0 Å². The molecule has 0 saturated heterocycles. The summed E-state index contributed by atoms with van der Waals surface area (Å²) in [6.45, 7) is 8.55. The molecule has 2 N–H and O–H groups in total. The molecule has 0 amide bonds. The fourth-order valence-electron chi connectivity index (χ4n) is 2.95. The molecule has 1 heterocycles. The smallest absolute Gasteiger partial charge is 0.158 e. The van der Waals surface area contributed by atoms with E-state index in [0.717, 1.165) is 12.4 Å². The van der Waals surface area contributed by atoms with Crippen LogP contribution in [0.1, 0.15) is 52.3 Å². The maximum absolute atomic E-state index is 5.97. The summed E-state index contributed by atoms with van der Waals surface area (Å²) in [6, 6.07) is 2.48. The highest BCUT2D eigenvalue weighted by Crippen LogP contribution is 2.28. The van der Waals surface area contributed by atoms with Crippen LogP contribution >= 0.6 is 0 Å². The number of aromatic nitrogens is 2. The Balaban J connectivity index is 2.22. The number of nitrogen functional groups attached to an aromatic ring is 1. The predicted molar refractivity (Wildman–Crippen MR) is 86.2 cm³/mol. The Labute approximate surface area is 127 Å². The minimum atomic E-state index is 0.425. The van der Waals surface area contributed by atoms with Crippen molar-refractivity contribution in [3.8, 4) is 0 Å². The average Bonchev–Trinajstić information content (AvgIpc) is 2.95. The van der Waals surface area contributed by atoms with Crippen molar-refractivity contribution in [2.75, 3.05) is 23.8 Å². The molecular weight excluding hydrogens is 264 g/mol. The minimum Gasteiger partial charge on any atom is -0.384 e. The molecule has 0 spiro atoms. The van der Waals surface area contributed by atoms with Gasteiger partial charge < -0.3 is 15.4 Å². The summed E-state index contributed by atoms with van der Waals surface area (Å²) in [5.41, 5.74) is 5.97. The lowest BCUT2D eigenvalue weighted by atomic mass is 10.1. The molecule has 1 saturated carbocycles. The first-order valence-corrected chi connectivity index (χ1v) is 8.08. The van der Waals surface area contributed by atoms with Crippen LogP contribution < -0.4 is 10.6 Å². The Hall–Kier alpha value is -1.36. The summed E-state index contributed by atoms with van der Waals surface area (Å²) in [5.74, 6) is 2.76. The van der Waals surface area contributed by atoms with E-state index < -0.39 is 0 Å². The van der Waals surface area contributed by atoms with Gasteiger partial charge in [-0.1, -0.05) is 26.7 Å². The number of anilines is 2. The first kappa shape index (κ1) is 16.0. The summed E-state index contributed by atoms with van der Waals surface area (Å²) in [4.78, 5) is 11.4. The van der Waals surface area contributed by atoms with E-state index in [1.807, 2.05) is 13.0 Å². The van der Waals surface area contributed by atoms with E-state index in [1.165, 1.54) is 25.7 Å². The van der Waals surface area contributed by atoms with Gasteiger partial charge in [0.05, 0.1) is 0 Å². The Kier molecular flexibility index (Phi) is 5.79. The molecule has 5 heteroatoms. The van der Waals surface area contributed by atoms with Gasteiger partial charge in [-0.15, -0.1) is 0 Å². The fraction of sp³-hybridized carbons (Fsp3) is 0.750. The lowest BCUT2D eigenvalue weighted by molar-refractivity contribution is 0.128. The van der Waals surface area contributed by atoms with Crippen molar-refractivity contribution in [1.29, 1.82) is 0 Å². The second-order valence-electron chi connectivity index (χ2n) is 6.19. The van der Waals surface area contributed by atoms with E-state index in [9.17, 15) is 0 Å². The van der Waals surface area contributed by atoms with Crippen molar-refractivity contribution in [3.05, 3.63) is 11.9 Å². The Morgan fingerprint density at radius 3 is 2.67 bits per heavy atom. The number of nitrogens with zero attached hydrogens (tertiary/aromatic N) is 3. The second-order valence-corrected chi connectivity index (χ2v) is 6.19. The first-order valence-electron chi connectivity index (χ1n) is 8.08. The van der Waals surface area contributed by atoms with Gasteiger partial charge >= 0.3 is 0 Å². The van der Waals surface area contributed by atoms with Gasteiger partial charge in [0.2, 0.25) is 0 Å². The molecule has 0 aromatic carbocycles. The molecule has 0 unspecified atom stereocenters. The van der Waals surface area contributed by atoms with Gasteiger partial charge in [0.25, 0.3) is 0 Å². The molecule has 2 rings (SSSR count). The molecule has 0 radical (unpaired) electrons. The largest absolute Gasteiger partial charge is 0.384 e. The summed E-state index contributed by atoms with van der Waals surface area (Å²) >= 11 is 0. The van der Waals surface area contributed by atoms with E-state index in [4.69, 9.17) is 10.5 Å². The molecule has 1 aromatic heterocycles. The third kappa shape index (κ3) is 4.56. The monoisotopic (exact) mass is 292 g/mol. The van der Waals surface area contributed by atoms with Crippen LogP contribution in [0.5, 0.6) is 0 Å². The van der Waals surface area contributed by atoms with Gasteiger partial charge in [0, 0.05) is 25.3 Å². The maximum atomic E-state index is 5.97. The van der Waals surface area contributed by atoms with Gasteiger partial charge in [-0.3, -0.25) is 0 Å². The molecule has 0 aliphatic heterocycles. The number of ether oxygens (including phenoxy) is 1. The molecule has 0 bridgehead atoms. The van der Waals surface area contributed by atoms with E-state index in [2.05, 4.69) is 28.7 Å². The van der Waals surface area contributed by atoms with Gasteiger partial charge in [-0.2, -0.15) is 0 Å². The normalized spacial score (nSPS) is 15.8. The summed E-state index contributed by atoms with van der Waals surface area (Å²) < 4.78 is 5.42. The highest BCUT2D eigenvalue weighted by atomic mass is 16.5. The van der Waals surface area contributed by atoms with Crippen LogP contribution in [-0.2, 0) is 11.3 Å². The van der Waals surface area contributed by atoms with Gasteiger partial charge in [0.15, 0.2) is 5.82 Å². The van der Waals surface area contributed by atoms with Crippen molar-refractivity contribution in [2.24, 2.45) is 5.92 Å². The number of hydrogen-bond acceptors (Lipinski definition) is 5. The summed E-state index contributed by atoms with van der Waals surface area (Å²) in [5, 5.41) is 0. The highest BCUT2D eigenvalue weighted by molar-refractivity contribution is 5.48. The zero-order valence-corrected chi connectivity index (χ0v) is 13.5. The Morgan fingerprint density at radius 1 is 1.33 bits per heavy atom. The van der Waals surface area contributed by atoms with E-state index in [-0.39, 0.29) is 0 Å². The van der Waals surface area contributed by atoms with Crippen LogP contribution in [0, 0.1) is 5.92 Å². The van der Waals surface area contributed by atoms with Crippen LogP contribution in [-0.4, -0.2) is 29.2 Å². The molecule has 5 nitrogen and oxygen atoms in total. The van der Waals surface area contributed by atoms with Crippen molar-refractivity contribution < 1.29 is 4.74 Å². The molecule has 118 valence electrons. The second kappa shape index (κ2) is 7.59. The average molecular weight is 292 g/mol. The lowest BCUT2D eigenvalue weighted by Crippen LogP contribution is -2.37. The van der Waals surface area contributed by atoms with Crippen LogP contribution in [0.2, 0.25) is 0 Å². The zero-order chi connectivity index (χ0) is 15.2.